The maximum Gasteiger partial charge on any atom is 0.0819 e. The summed E-state index contributed by atoms with van der Waals surface area (Å²) >= 11 is 0. The molecular formula is C15H18N2O. The van der Waals surface area contributed by atoms with E-state index in [1.165, 1.54) is 0 Å². The van der Waals surface area contributed by atoms with Gasteiger partial charge in [0.25, 0.3) is 0 Å². The lowest BCUT2D eigenvalue weighted by Crippen LogP contribution is -2.33. The molecule has 94 valence electrons. The zero-order valence-electron chi connectivity index (χ0n) is 10.4. The third kappa shape index (κ3) is 2.31. The van der Waals surface area contributed by atoms with Crippen molar-refractivity contribution in [1.82, 2.24) is 4.98 Å². The summed E-state index contributed by atoms with van der Waals surface area (Å²) in [6.45, 7) is 0.638. The van der Waals surface area contributed by atoms with Crippen molar-refractivity contribution in [3.05, 3.63) is 36.5 Å². The molecule has 3 heteroatoms. The van der Waals surface area contributed by atoms with E-state index in [1.807, 2.05) is 18.2 Å². The van der Waals surface area contributed by atoms with Crippen molar-refractivity contribution in [2.75, 3.05) is 11.9 Å². The molecule has 0 spiro atoms. The highest BCUT2D eigenvalue weighted by molar-refractivity contribution is 5.82. The molecule has 1 saturated carbocycles. The van der Waals surface area contributed by atoms with Crippen LogP contribution in [0.4, 0.5) is 5.69 Å². The number of rotatable bonds is 3. The molecule has 2 aromatic rings. The second-order valence-electron chi connectivity index (χ2n) is 5.20. The van der Waals surface area contributed by atoms with E-state index in [-0.39, 0.29) is 0 Å². The van der Waals surface area contributed by atoms with Crippen LogP contribution in [-0.4, -0.2) is 22.2 Å². The van der Waals surface area contributed by atoms with Crippen LogP contribution < -0.4 is 5.32 Å². The summed E-state index contributed by atoms with van der Waals surface area (Å²) in [5.41, 5.74) is 1.54. The second kappa shape index (κ2) is 4.58. The minimum absolute atomic E-state index is 0.510. The van der Waals surface area contributed by atoms with E-state index in [1.54, 1.807) is 6.20 Å². The van der Waals surface area contributed by atoms with Crippen molar-refractivity contribution in [3.8, 4) is 0 Å². The average Bonchev–Trinajstić information content (AvgIpc) is 2.84. The van der Waals surface area contributed by atoms with Crippen molar-refractivity contribution >= 4 is 16.6 Å². The average molecular weight is 242 g/mol. The number of aliphatic hydroxyl groups is 1. The zero-order valence-corrected chi connectivity index (χ0v) is 10.4. The standard InChI is InChI=1S/C15H18N2O/c18-15(7-1-2-8-15)11-17-13-5-6-14-12(10-13)4-3-9-16-14/h3-6,9-10,17-18H,1-2,7-8,11H2. The minimum atomic E-state index is -0.510. The lowest BCUT2D eigenvalue weighted by atomic mass is 10.0. The van der Waals surface area contributed by atoms with Crippen LogP contribution in [0.15, 0.2) is 36.5 Å². The Bertz CT molecular complexity index is 547. The molecule has 0 saturated heterocycles. The van der Waals surface area contributed by atoms with Crippen LogP contribution in [0.2, 0.25) is 0 Å². The molecule has 1 aliphatic carbocycles. The number of anilines is 1. The van der Waals surface area contributed by atoms with Gasteiger partial charge in [-0.05, 0) is 37.1 Å². The predicted molar refractivity (Wildman–Crippen MR) is 73.7 cm³/mol. The molecule has 0 radical (unpaired) electrons. The Morgan fingerprint density at radius 1 is 1.22 bits per heavy atom. The Morgan fingerprint density at radius 2 is 2.06 bits per heavy atom. The molecule has 0 unspecified atom stereocenters. The summed E-state index contributed by atoms with van der Waals surface area (Å²) in [4.78, 5) is 4.30. The lowest BCUT2D eigenvalue weighted by molar-refractivity contribution is 0.0615. The first kappa shape index (κ1) is 11.5. The summed E-state index contributed by atoms with van der Waals surface area (Å²) in [5.74, 6) is 0. The molecule has 0 atom stereocenters. The maximum absolute atomic E-state index is 10.3. The fourth-order valence-corrected chi connectivity index (χ4v) is 2.66. The summed E-state index contributed by atoms with van der Waals surface area (Å²) in [5, 5.41) is 14.8. The summed E-state index contributed by atoms with van der Waals surface area (Å²) in [6, 6.07) is 10.1. The molecule has 3 nitrogen and oxygen atoms in total. The van der Waals surface area contributed by atoms with Gasteiger partial charge in [0, 0.05) is 23.8 Å². The highest BCUT2D eigenvalue weighted by Gasteiger charge is 2.30. The smallest absolute Gasteiger partial charge is 0.0819 e. The number of pyridine rings is 1. The topological polar surface area (TPSA) is 45.1 Å². The fraction of sp³-hybridized carbons (Fsp3) is 0.400. The molecule has 18 heavy (non-hydrogen) atoms. The van der Waals surface area contributed by atoms with Crippen LogP contribution in [0, 0.1) is 0 Å². The van der Waals surface area contributed by atoms with Crippen LogP contribution >= 0.6 is 0 Å². The van der Waals surface area contributed by atoms with Gasteiger partial charge in [-0.1, -0.05) is 18.9 Å². The minimum Gasteiger partial charge on any atom is -0.388 e. The van der Waals surface area contributed by atoms with Crippen molar-refractivity contribution in [2.24, 2.45) is 0 Å². The fourth-order valence-electron chi connectivity index (χ4n) is 2.66. The normalized spacial score (nSPS) is 18.1. The van der Waals surface area contributed by atoms with Gasteiger partial charge in [0.2, 0.25) is 0 Å². The van der Waals surface area contributed by atoms with Crippen molar-refractivity contribution in [2.45, 2.75) is 31.3 Å². The molecular weight excluding hydrogens is 224 g/mol. The third-order valence-electron chi connectivity index (χ3n) is 3.76. The van der Waals surface area contributed by atoms with Gasteiger partial charge in [0.15, 0.2) is 0 Å². The Labute approximate surface area is 107 Å². The molecule has 0 bridgehead atoms. The molecule has 0 amide bonds. The van der Waals surface area contributed by atoms with Crippen molar-refractivity contribution in [1.29, 1.82) is 0 Å². The number of benzene rings is 1. The van der Waals surface area contributed by atoms with Crippen LogP contribution in [-0.2, 0) is 0 Å². The number of nitrogens with zero attached hydrogens (tertiary/aromatic N) is 1. The van der Waals surface area contributed by atoms with Gasteiger partial charge in [-0.3, -0.25) is 4.98 Å². The van der Waals surface area contributed by atoms with E-state index < -0.39 is 5.60 Å². The van der Waals surface area contributed by atoms with Gasteiger partial charge in [-0.15, -0.1) is 0 Å². The molecule has 1 heterocycles. The number of aromatic nitrogens is 1. The Kier molecular flexibility index (Phi) is 2.92. The molecule has 1 fully saturated rings. The molecule has 3 rings (SSSR count). The van der Waals surface area contributed by atoms with Crippen molar-refractivity contribution < 1.29 is 5.11 Å². The highest BCUT2D eigenvalue weighted by Crippen LogP contribution is 2.29. The van der Waals surface area contributed by atoms with Crippen LogP contribution in [0.5, 0.6) is 0 Å². The van der Waals surface area contributed by atoms with Gasteiger partial charge in [-0.2, -0.15) is 0 Å². The summed E-state index contributed by atoms with van der Waals surface area (Å²) in [6.07, 6.45) is 5.90. The van der Waals surface area contributed by atoms with E-state index in [9.17, 15) is 5.11 Å². The maximum atomic E-state index is 10.3. The second-order valence-corrected chi connectivity index (χ2v) is 5.20. The molecule has 2 N–H and O–H groups in total. The van der Waals surface area contributed by atoms with Gasteiger partial charge < -0.3 is 10.4 Å². The number of nitrogens with one attached hydrogen (secondary N) is 1. The van der Waals surface area contributed by atoms with E-state index in [0.29, 0.717) is 6.54 Å². The SMILES string of the molecule is OC1(CNc2ccc3ncccc3c2)CCCC1. The first-order valence-corrected chi connectivity index (χ1v) is 6.56. The van der Waals surface area contributed by atoms with E-state index in [2.05, 4.69) is 22.4 Å². The summed E-state index contributed by atoms with van der Waals surface area (Å²) < 4.78 is 0. The monoisotopic (exact) mass is 242 g/mol. The highest BCUT2D eigenvalue weighted by atomic mass is 16.3. The lowest BCUT2D eigenvalue weighted by Gasteiger charge is -2.23. The Hall–Kier alpha value is -1.61. The molecule has 0 aliphatic heterocycles. The largest absolute Gasteiger partial charge is 0.388 e. The third-order valence-corrected chi connectivity index (χ3v) is 3.76. The summed E-state index contributed by atoms with van der Waals surface area (Å²) in [7, 11) is 0. The number of hydrogen-bond acceptors (Lipinski definition) is 3. The van der Waals surface area contributed by atoms with Crippen LogP contribution in [0.1, 0.15) is 25.7 Å². The molecule has 1 aromatic heterocycles. The number of hydrogen-bond donors (Lipinski definition) is 2. The van der Waals surface area contributed by atoms with Crippen molar-refractivity contribution in [3.63, 3.8) is 0 Å². The zero-order chi connectivity index (χ0) is 12.4. The quantitative estimate of drug-likeness (QED) is 0.869. The van der Waals surface area contributed by atoms with E-state index in [0.717, 1.165) is 42.3 Å². The van der Waals surface area contributed by atoms with Gasteiger partial charge in [0.1, 0.15) is 0 Å². The molecule has 1 aromatic carbocycles. The van der Waals surface area contributed by atoms with Gasteiger partial charge in [0.05, 0.1) is 11.1 Å². The first-order chi connectivity index (χ1) is 8.75. The van der Waals surface area contributed by atoms with E-state index in [4.69, 9.17) is 0 Å². The Morgan fingerprint density at radius 3 is 2.89 bits per heavy atom. The van der Waals surface area contributed by atoms with Crippen LogP contribution in [0.3, 0.4) is 0 Å². The van der Waals surface area contributed by atoms with Gasteiger partial charge in [-0.25, -0.2) is 0 Å². The first-order valence-electron chi connectivity index (χ1n) is 6.56. The van der Waals surface area contributed by atoms with Gasteiger partial charge >= 0.3 is 0 Å². The molecule has 1 aliphatic rings. The van der Waals surface area contributed by atoms with E-state index >= 15 is 0 Å². The predicted octanol–water partition coefficient (Wildman–Crippen LogP) is 2.95. The van der Waals surface area contributed by atoms with Crippen LogP contribution in [0.25, 0.3) is 10.9 Å². The number of fused-ring (bicyclic) bond motifs is 1. The Balaban J connectivity index is 1.74.